The molecule has 1 N–H and O–H groups in total. The Labute approximate surface area is 105 Å². The Hall–Kier alpha value is -1.36. The second-order valence-electron chi connectivity index (χ2n) is 4.18. The van der Waals surface area contributed by atoms with Crippen molar-refractivity contribution in [3.05, 3.63) is 22.4 Å². The number of rotatable bonds is 4. The number of amides is 2. The predicted molar refractivity (Wildman–Crippen MR) is 67.0 cm³/mol. The zero-order valence-electron chi connectivity index (χ0n) is 9.81. The fraction of sp³-hybridized carbons (Fsp3) is 0.500. The van der Waals surface area contributed by atoms with E-state index in [2.05, 4.69) is 5.32 Å². The molecule has 2 heterocycles. The van der Waals surface area contributed by atoms with E-state index in [0.717, 1.165) is 11.3 Å². The minimum atomic E-state index is -0.0227. The van der Waals surface area contributed by atoms with Crippen molar-refractivity contribution < 1.29 is 9.59 Å². The SMILES string of the molecule is CCCNC(=O)C1CN(C(=O)c2cccs2)C1. The molecule has 1 fully saturated rings. The van der Waals surface area contributed by atoms with E-state index < -0.39 is 0 Å². The van der Waals surface area contributed by atoms with Crippen LogP contribution in [0.15, 0.2) is 17.5 Å². The molecular formula is C12H16N2O2S. The summed E-state index contributed by atoms with van der Waals surface area (Å²) in [6.07, 6.45) is 0.941. The van der Waals surface area contributed by atoms with E-state index in [9.17, 15) is 9.59 Å². The standard InChI is InChI=1S/C12H16N2O2S/c1-2-5-13-11(15)9-7-14(8-9)12(16)10-4-3-6-17-10/h3-4,6,9H,2,5,7-8H2,1H3,(H,13,15). The van der Waals surface area contributed by atoms with E-state index in [1.165, 1.54) is 11.3 Å². The van der Waals surface area contributed by atoms with Crippen molar-refractivity contribution in [1.29, 1.82) is 0 Å². The first-order valence-corrected chi connectivity index (χ1v) is 6.70. The molecule has 0 atom stereocenters. The number of carbonyl (C=O) groups excluding carboxylic acids is 2. The summed E-state index contributed by atoms with van der Waals surface area (Å²) in [5.41, 5.74) is 0. The summed E-state index contributed by atoms with van der Waals surface area (Å²) in [5.74, 6) is 0.0899. The Balaban J connectivity index is 1.79. The largest absolute Gasteiger partial charge is 0.356 e. The minimum Gasteiger partial charge on any atom is -0.356 e. The van der Waals surface area contributed by atoms with Gasteiger partial charge in [-0.05, 0) is 17.9 Å². The summed E-state index contributed by atoms with van der Waals surface area (Å²) >= 11 is 1.44. The first kappa shape index (κ1) is 12.1. The molecule has 0 unspecified atom stereocenters. The first-order valence-electron chi connectivity index (χ1n) is 5.83. The van der Waals surface area contributed by atoms with E-state index in [0.29, 0.717) is 19.6 Å². The van der Waals surface area contributed by atoms with Gasteiger partial charge in [0.25, 0.3) is 5.91 Å². The maximum atomic E-state index is 11.9. The quantitative estimate of drug-likeness (QED) is 0.879. The summed E-state index contributed by atoms with van der Waals surface area (Å²) in [5, 5.41) is 4.74. The van der Waals surface area contributed by atoms with Crippen LogP contribution >= 0.6 is 11.3 Å². The molecule has 92 valence electrons. The van der Waals surface area contributed by atoms with Gasteiger partial charge in [0.1, 0.15) is 0 Å². The van der Waals surface area contributed by atoms with Gasteiger partial charge >= 0.3 is 0 Å². The Morgan fingerprint density at radius 1 is 1.53 bits per heavy atom. The molecule has 0 aromatic carbocycles. The van der Waals surface area contributed by atoms with Crippen LogP contribution in [0.2, 0.25) is 0 Å². The Kier molecular flexibility index (Phi) is 3.78. The maximum Gasteiger partial charge on any atom is 0.263 e. The predicted octanol–water partition coefficient (Wildman–Crippen LogP) is 1.35. The lowest BCUT2D eigenvalue weighted by Gasteiger charge is -2.37. The molecule has 0 saturated carbocycles. The van der Waals surface area contributed by atoms with Crippen LogP contribution in [0.25, 0.3) is 0 Å². The van der Waals surface area contributed by atoms with Gasteiger partial charge < -0.3 is 10.2 Å². The monoisotopic (exact) mass is 252 g/mol. The third-order valence-electron chi connectivity index (χ3n) is 2.82. The maximum absolute atomic E-state index is 11.9. The molecule has 4 nitrogen and oxygen atoms in total. The lowest BCUT2D eigenvalue weighted by atomic mass is 9.99. The normalized spacial score (nSPS) is 15.5. The van der Waals surface area contributed by atoms with E-state index in [1.54, 1.807) is 4.90 Å². The van der Waals surface area contributed by atoms with Crippen molar-refractivity contribution in [2.45, 2.75) is 13.3 Å². The third-order valence-corrected chi connectivity index (χ3v) is 3.68. The van der Waals surface area contributed by atoms with Crippen LogP contribution in [0.4, 0.5) is 0 Å². The smallest absolute Gasteiger partial charge is 0.263 e. The summed E-state index contributed by atoms with van der Waals surface area (Å²) in [7, 11) is 0. The van der Waals surface area contributed by atoms with Crippen LogP contribution in [0.3, 0.4) is 0 Å². The van der Waals surface area contributed by atoms with Gasteiger partial charge in [0.05, 0.1) is 10.8 Å². The lowest BCUT2D eigenvalue weighted by Crippen LogP contribution is -2.55. The van der Waals surface area contributed by atoms with Crippen molar-refractivity contribution in [3.8, 4) is 0 Å². The molecular weight excluding hydrogens is 236 g/mol. The highest BCUT2D eigenvalue weighted by Gasteiger charge is 2.35. The summed E-state index contributed by atoms with van der Waals surface area (Å²) < 4.78 is 0. The Bertz CT molecular complexity index is 397. The van der Waals surface area contributed by atoms with E-state index in [1.807, 2.05) is 24.4 Å². The molecule has 1 aromatic heterocycles. The number of hydrogen-bond donors (Lipinski definition) is 1. The molecule has 0 aliphatic carbocycles. The summed E-state index contributed by atoms with van der Waals surface area (Å²) in [4.78, 5) is 25.9. The van der Waals surface area contributed by atoms with Crippen molar-refractivity contribution in [1.82, 2.24) is 10.2 Å². The molecule has 1 aromatic rings. The van der Waals surface area contributed by atoms with Crippen LogP contribution in [-0.2, 0) is 4.79 Å². The minimum absolute atomic E-state index is 0.0227. The Morgan fingerprint density at radius 2 is 2.29 bits per heavy atom. The van der Waals surface area contributed by atoms with Gasteiger partial charge in [-0.2, -0.15) is 0 Å². The van der Waals surface area contributed by atoms with Gasteiger partial charge in [-0.3, -0.25) is 9.59 Å². The van der Waals surface area contributed by atoms with Gasteiger partial charge in [-0.25, -0.2) is 0 Å². The molecule has 5 heteroatoms. The van der Waals surface area contributed by atoms with Crippen LogP contribution in [0.5, 0.6) is 0 Å². The van der Waals surface area contributed by atoms with Gasteiger partial charge in [0.15, 0.2) is 0 Å². The number of nitrogens with one attached hydrogen (secondary N) is 1. The molecule has 0 bridgehead atoms. The van der Waals surface area contributed by atoms with E-state index in [4.69, 9.17) is 0 Å². The van der Waals surface area contributed by atoms with Crippen LogP contribution in [0.1, 0.15) is 23.0 Å². The number of nitrogens with zero attached hydrogens (tertiary/aromatic N) is 1. The van der Waals surface area contributed by atoms with Crippen LogP contribution < -0.4 is 5.32 Å². The molecule has 0 spiro atoms. The van der Waals surface area contributed by atoms with Gasteiger partial charge in [0.2, 0.25) is 5.91 Å². The second-order valence-corrected chi connectivity index (χ2v) is 5.12. The van der Waals surface area contributed by atoms with Crippen molar-refractivity contribution in [3.63, 3.8) is 0 Å². The molecule has 2 amide bonds. The molecule has 1 saturated heterocycles. The first-order chi connectivity index (χ1) is 8.22. The van der Waals surface area contributed by atoms with Crippen molar-refractivity contribution in [2.24, 2.45) is 5.92 Å². The Morgan fingerprint density at radius 3 is 2.88 bits per heavy atom. The van der Waals surface area contributed by atoms with E-state index >= 15 is 0 Å². The van der Waals surface area contributed by atoms with Gasteiger partial charge in [-0.15, -0.1) is 11.3 Å². The molecule has 0 radical (unpaired) electrons. The second kappa shape index (κ2) is 5.31. The number of likely N-dealkylation sites (tertiary alicyclic amines) is 1. The third kappa shape index (κ3) is 2.66. The van der Waals surface area contributed by atoms with Crippen LogP contribution in [-0.4, -0.2) is 36.3 Å². The van der Waals surface area contributed by atoms with Crippen molar-refractivity contribution in [2.75, 3.05) is 19.6 Å². The zero-order chi connectivity index (χ0) is 12.3. The van der Waals surface area contributed by atoms with E-state index in [-0.39, 0.29) is 17.7 Å². The number of carbonyl (C=O) groups is 2. The van der Waals surface area contributed by atoms with Gasteiger partial charge in [-0.1, -0.05) is 13.0 Å². The fourth-order valence-electron chi connectivity index (χ4n) is 1.76. The zero-order valence-corrected chi connectivity index (χ0v) is 10.6. The molecule has 1 aliphatic heterocycles. The average Bonchev–Trinajstić information content (AvgIpc) is 2.77. The number of hydrogen-bond acceptors (Lipinski definition) is 3. The van der Waals surface area contributed by atoms with Crippen molar-refractivity contribution >= 4 is 23.2 Å². The highest BCUT2D eigenvalue weighted by molar-refractivity contribution is 7.12. The fourth-order valence-corrected chi connectivity index (χ4v) is 2.45. The molecule has 17 heavy (non-hydrogen) atoms. The molecule has 2 rings (SSSR count). The van der Waals surface area contributed by atoms with Gasteiger partial charge in [0, 0.05) is 19.6 Å². The molecule has 1 aliphatic rings. The number of thiophene rings is 1. The highest BCUT2D eigenvalue weighted by Crippen LogP contribution is 2.20. The lowest BCUT2D eigenvalue weighted by molar-refractivity contribution is -0.128. The highest BCUT2D eigenvalue weighted by atomic mass is 32.1. The van der Waals surface area contributed by atoms with Crippen LogP contribution in [0, 0.1) is 5.92 Å². The topological polar surface area (TPSA) is 49.4 Å². The summed E-state index contributed by atoms with van der Waals surface area (Å²) in [6.45, 7) is 3.83. The summed E-state index contributed by atoms with van der Waals surface area (Å²) in [6, 6.07) is 3.68. The average molecular weight is 252 g/mol.